The van der Waals surface area contributed by atoms with E-state index in [-0.39, 0.29) is 18.7 Å². The molecule has 0 aliphatic rings. The lowest BCUT2D eigenvalue weighted by Gasteiger charge is -2.08. The Hall–Kier alpha value is -3.95. The van der Waals surface area contributed by atoms with Crippen molar-refractivity contribution >= 4 is 5.91 Å². The highest BCUT2D eigenvalue weighted by Crippen LogP contribution is 2.31. The first-order valence-electron chi connectivity index (χ1n) is 10.8. The second kappa shape index (κ2) is 9.73. The van der Waals surface area contributed by atoms with E-state index in [1.807, 2.05) is 25.3 Å². The van der Waals surface area contributed by atoms with Crippen LogP contribution in [0.25, 0.3) is 0 Å². The third kappa shape index (κ3) is 5.95. The maximum atomic E-state index is 14.0. The second-order valence-electron chi connectivity index (χ2n) is 8.40. The highest BCUT2D eigenvalue weighted by molar-refractivity contribution is 5.95. The van der Waals surface area contributed by atoms with Crippen LogP contribution in [-0.4, -0.2) is 25.5 Å². The third-order valence-corrected chi connectivity index (χ3v) is 5.40. The van der Waals surface area contributed by atoms with Crippen molar-refractivity contribution in [2.45, 2.75) is 39.7 Å². The van der Waals surface area contributed by atoms with Crippen LogP contribution in [0.2, 0.25) is 0 Å². The molecule has 0 bridgehead atoms. The number of alkyl halides is 3. The number of rotatable bonds is 7. The number of hydrogen-bond acceptors (Lipinski definition) is 3. The summed E-state index contributed by atoms with van der Waals surface area (Å²) in [6.07, 6.45) is -0.0890. The maximum absolute atomic E-state index is 14.0. The van der Waals surface area contributed by atoms with Gasteiger partial charge in [0.25, 0.3) is 5.91 Å². The molecule has 1 N–H and O–H groups in total. The van der Waals surface area contributed by atoms with Gasteiger partial charge in [0.2, 0.25) is 0 Å². The standard InChI is InChI=1S/C25H23F4N5O/c1-16-3-8-20(22(26)9-16)11-30-24(35)21-15-34(32-23(21)25(27,28)29)14-19-6-4-18(5-7-19)13-33-12-17(2)10-31-33/h3-10,12,15H,11,13-14H2,1-2H3,(H,30,35). The lowest BCUT2D eigenvalue weighted by Crippen LogP contribution is -2.25. The van der Waals surface area contributed by atoms with Crippen LogP contribution in [0, 0.1) is 19.7 Å². The number of aryl methyl sites for hydroxylation is 2. The van der Waals surface area contributed by atoms with Gasteiger partial charge in [-0.15, -0.1) is 0 Å². The van der Waals surface area contributed by atoms with E-state index < -0.39 is 29.2 Å². The number of benzene rings is 2. The molecule has 35 heavy (non-hydrogen) atoms. The Bertz CT molecular complexity index is 1340. The zero-order valence-corrected chi connectivity index (χ0v) is 19.1. The minimum absolute atomic E-state index is 0.0457. The Kier molecular flexibility index (Phi) is 6.72. The van der Waals surface area contributed by atoms with Gasteiger partial charge in [-0.1, -0.05) is 36.4 Å². The molecule has 0 aliphatic heterocycles. The number of carbonyl (C=O) groups excluding carboxylic acids is 1. The molecule has 0 radical (unpaired) electrons. The average molecular weight is 485 g/mol. The molecule has 6 nitrogen and oxygen atoms in total. The van der Waals surface area contributed by atoms with Crippen molar-refractivity contribution in [1.29, 1.82) is 0 Å². The monoisotopic (exact) mass is 485 g/mol. The van der Waals surface area contributed by atoms with Gasteiger partial charge in [0.05, 0.1) is 24.8 Å². The fraction of sp³-hybridized carbons (Fsp3) is 0.240. The molecule has 0 aliphatic carbocycles. The summed E-state index contributed by atoms with van der Waals surface area (Å²) < 4.78 is 57.6. The highest BCUT2D eigenvalue weighted by atomic mass is 19.4. The number of nitrogens with one attached hydrogen (secondary N) is 1. The summed E-state index contributed by atoms with van der Waals surface area (Å²) in [5.41, 5.74) is 1.72. The van der Waals surface area contributed by atoms with Gasteiger partial charge in [0.15, 0.2) is 5.69 Å². The van der Waals surface area contributed by atoms with Crippen molar-refractivity contribution < 1.29 is 22.4 Å². The van der Waals surface area contributed by atoms with Gasteiger partial charge in [0, 0.05) is 24.5 Å². The van der Waals surface area contributed by atoms with Crippen LogP contribution < -0.4 is 5.32 Å². The minimum atomic E-state index is -4.82. The van der Waals surface area contributed by atoms with E-state index in [0.29, 0.717) is 12.1 Å². The zero-order valence-electron chi connectivity index (χ0n) is 19.1. The molecular formula is C25H23F4N5O. The number of halogens is 4. The first-order chi connectivity index (χ1) is 16.6. The molecule has 0 fully saturated rings. The van der Waals surface area contributed by atoms with Crippen molar-refractivity contribution in [3.8, 4) is 0 Å². The predicted molar refractivity (Wildman–Crippen MR) is 121 cm³/mol. The summed E-state index contributed by atoms with van der Waals surface area (Å²) in [7, 11) is 0. The second-order valence-corrected chi connectivity index (χ2v) is 8.40. The summed E-state index contributed by atoms with van der Waals surface area (Å²) in [5, 5.41) is 10.2. The summed E-state index contributed by atoms with van der Waals surface area (Å²) in [4.78, 5) is 12.6. The summed E-state index contributed by atoms with van der Waals surface area (Å²) in [6.45, 7) is 4.03. The first-order valence-corrected chi connectivity index (χ1v) is 10.8. The number of nitrogens with zero attached hydrogens (tertiary/aromatic N) is 4. The van der Waals surface area contributed by atoms with E-state index in [4.69, 9.17) is 0 Å². The van der Waals surface area contributed by atoms with Gasteiger partial charge in [-0.05, 0) is 42.2 Å². The highest BCUT2D eigenvalue weighted by Gasteiger charge is 2.39. The molecule has 2 aromatic carbocycles. The van der Waals surface area contributed by atoms with Crippen molar-refractivity contribution in [3.63, 3.8) is 0 Å². The third-order valence-electron chi connectivity index (χ3n) is 5.40. The van der Waals surface area contributed by atoms with E-state index >= 15 is 0 Å². The van der Waals surface area contributed by atoms with Crippen LogP contribution >= 0.6 is 0 Å². The quantitative estimate of drug-likeness (QED) is 0.380. The van der Waals surface area contributed by atoms with Crippen molar-refractivity contribution in [2.24, 2.45) is 0 Å². The van der Waals surface area contributed by atoms with E-state index in [1.165, 1.54) is 12.1 Å². The molecule has 0 spiro atoms. The molecule has 0 unspecified atom stereocenters. The molecule has 4 aromatic rings. The Labute approximate surface area is 199 Å². The van der Waals surface area contributed by atoms with Gasteiger partial charge in [-0.25, -0.2) is 4.39 Å². The largest absolute Gasteiger partial charge is 0.435 e. The first kappa shape index (κ1) is 24.2. The van der Waals surface area contributed by atoms with E-state index in [1.54, 1.807) is 36.0 Å². The number of carbonyl (C=O) groups is 1. The Morgan fingerprint density at radius 2 is 1.60 bits per heavy atom. The van der Waals surface area contributed by atoms with Gasteiger partial charge < -0.3 is 5.32 Å². The van der Waals surface area contributed by atoms with Gasteiger partial charge in [-0.3, -0.25) is 14.2 Å². The normalized spacial score (nSPS) is 11.6. The summed E-state index contributed by atoms with van der Waals surface area (Å²) in [6, 6.07) is 11.7. The smallest absolute Gasteiger partial charge is 0.348 e. The van der Waals surface area contributed by atoms with Crippen molar-refractivity contribution in [3.05, 3.63) is 106 Å². The molecule has 4 rings (SSSR count). The number of amides is 1. The van der Waals surface area contributed by atoms with Crippen LogP contribution in [0.4, 0.5) is 17.6 Å². The predicted octanol–water partition coefficient (Wildman–Crippen LogP) is 4.88. The van der Waals surface area contributed by atoms with Crippen molar-refractivity contribution in [1.82, 2.24) is 24.9 Å². The van der Waals surface area contributed by atoms with E-state index in [9.17, 15) is 22.4 Å². The van der Waals surface area contributed by atoms with Gasteiger partial charge >= 0.3 is 6.18 Å². The van der Waals surface area contributed by atoms with Crippen LogP contribution in [0.3, 0.4) is 0 Å². The topological polar surface area (TPSA) is 64.7 Å². The van der Waals surface area contributed by atoms with Crippen LogP contribution in [0.5, 0.6) is 0 Å². The molecule has 0 saturated heterocycles. The average Bonchev–Trinajstić information content (AvgIpc) is 3.40. The fourth-order valence-corrected chi connectivity index (χ4v) is 3.62. The van der Waals surface area contributed by atoms with Crippen LogP contribution in [-0.2, 0) is 25.8 Å². The van der Waals surface area contributed by atoms with Gasteiger partial charge in [0.1, 0.15) is 5.82 Å². The zero-order chi connectivity index (χ0) is 25.2. The molecule has 2 aromatic heterocycles. The van der Waals surface area contributed by atoms with E-state index in [2.05, 4.69) is 15.5 Å². The molecular weight excluding hydrogens is 462 g/mol. The minimum Gasteiger partial charge on any atom is -0.348 e. The molecule has 10 heteroatoms. The molecule has 182 valence electrons. The van der Waals surface area contributed by atoms with Crippen molar-refractivity contribution in [2.75, 3.05) is 0 Å². The Morgan fingerprint density at radius 3 is 2.17 bits per heavy atom. The maximum Gasteiger partial charge on any atom is 0.435 e. The molecule has 2 heterocycles. The lowest BCUT2D eigenvalue weighted by atomic mass is 10.1. The molecule has 0 saturated carbocycles. The fourth-order valence-electron chi connectivity index (χ4n) is 3.62. The Morgan fingerprint density at radius 1 is 0.943 bits per heavy atom. The summed E-state index contributed by atoms with van der Waals surface area (Å²) in [5.74, 6) is -1.52. The van der Waals surface area contributed by atoms with Crippen LogP contribution in [0.15, 0.2) is 61.1 Å². The molecule has 0 atom stereocenters. The molecule has 1 amide bonds. The number of hydrogen-bond donors (Lipinski definition) is 1. The van der Waals surface area contributed by atoms with E-state index in [0.717, 1.165) is 27.6 Å². The number of aromatic nitrogens is 4. The summed E-state index contributed by atoms with van der Waals surface area (Å²) >= 11 is 0. The lowest BCUT2D eigenvalue weighted by molar-refractivity contribution is -0.141. The van der Waals surface area contributed by atoms with Gasteiger partial charge in [-0.2, -0.15) is 23.4 Å². The Balaban J connectivity index is 1.48. The van der Waals surface area contributed by atoms with Crippen LogP contribution in [0.1, 0.15) is 43.9 Å². The SMILES string of the molecule is Cc1ccc(CNC(=O)c2cn(Cc3ccc(Cn4cc(C)cn4)cc3)nc2C(F)(F)F)c(F)c1.